The Balaban J connectivity index is 2.04. The van der Waals surface area contributed by atoms with Gasteiger partial charge in [0.1, 0.15) is 23.9 Å². The maximum absolute atomic E-state index is 9.29. The van der Waals surface area contributed by atoms with E-state index in [4.69, 9.17) is 21.1 Å². The number of methoxy groups -OCH3 is 1. The molecule has 0 aromatic heterocycles. The lowest BCUT2D eigenvalue weighted by Gasteiger charge is -2.08. The molecule has 0 aliphatic heterocycles. The first-order valence-corrected chi connectivity index (χ1v) is 5.73. The molecule has 0 spiro atoms. The summed E-state index contributed by atoms with van der Waals surface area (Å²) < 4.78 is 10.6. The van der Waals surface area contributed by atoms with Crippen LogP contribution in [0.2, 0.25) is 5.02 Å². The Morgan fingerprint density at radius 3 is 2.56 bits per heavy atom. The number of hydrogen-bond donors (Lipinski definition) is 1. The average Bonchev–Trinajstić information content (AvgIpc) is 2.40. The lowest BCUT2D eigenvalue weighted by atomic mass is 10.2. The number of aromatic hydroxyl groups is 1. The Morgan fingerprint density at radius 2 is 1.89 bits per heavy atom. The molecule has 0 aliphatic carbocycles. The highest BCUT2D eigenvalue weighted by Crippen LogP contribution is 2.28. The molecule has 0 aliphatic rings. The van der Waals surface area contributed by atoms with Crippen molar-refractivity contribution in [2.75, 3.05) is 7.11 Å². The Morgan fingerprint density at radius 1 is 1.17 bits per heavy atom. The van der Waals surface area contributed by atoms with Crippen LogP contribution in [0.5, 0.6) is 17.2 Å². The molecule has 0 atom stereocenters. The molecule has 0 unspecified atom stereocenters. The van der Waals surface area contributed by atoms with Crippen molar-refractivity contribution in [3.8, 4) is 17.2 Å². The summed E-state index contributed by atoms with van der Waals surface area (Å²) in [5, 5.41) is 9.71. The highest BCUT2D eigenvalue weighted by molar-refractivity contribution is 6.32. The second-order valence-corrected chi connectivity index (χ2v) is 4.06. The normalized spacial score (nSPS) is 10.1. The molecule has 2 rings (SSSR count). The van der Waals surface area contributed by atoms with Crippen molar-refractivity contribution in [2.24, 2.45) is 0 Å². The second kappa shape index (κ2) is 5.65. The fourth-order valence-electron chi connectivity index (χ4n) is 1.43. The summed E-state index contributed by atoms with van der Waals surface area (Å²) in [6.07, 6.45) is 0. The zero-order chi connectivity index (χ0) is 13.0. The molecule has 3 nitrogen and oxygen atoms in total. The van der Waals surface area contributed by atoms with Crippen molar-refractivity contribution in [1.82, 2.24) is 0 Å². The smallest absolute Gasteiger partial charge is 0.150 e. The van der Waals surface area contributed by atoms with Crippen LogP contribution in [-0.4, -0.2) is 12.2 Å². The second-order valence-electron chi connectivity index (χ2n) is 3.66. The Bertz CT molecular complexity index is 523. The van der Waals surface area contributed by atoms with Gasteiger partial charge in [0.25, 0.3) is 0 Å². The molecule has 2 aromatic carbocycles. The zero-order valence-electron chi connectivity index (χ0n) is 9.81. The first-order valence-electron chi connectivity index (χ1n) is 5.35. The molecule has 0 saturated heterocycles. The molecule has 2 aromatic rings. The molecule has 1 N–H and O–H groups in total. The van der Waals surface area contributed by atoms with Gasteiger partial charge < -0.3 is 14.6 Å². The molecule has 4 heteroatoms. The van der Waals surface area contributed by atoms with Crippen LogP contribution in [0.3, 0.4) is 0 Å². The van der Waals surface area contributed by atoms with Crippen molar-refractivity contribution >= 4 is 11.6 Å². The summed E-state index contributed by atoms with van der Waals surface area (Å²) in [7, 11) is 1.62. The van der Waals surface area contributed by atoms with Crippen LogP contribution in [-0.2, 0) is 6.61 Å². The Hall–Kier alpha value is -1.87. The van der Waals surface area contributed by atoms with Crippen LogP contribution in [0.25, 0.3) is 0 Å². The van der Waals surface area contributed by atoms with E-state index in [1.54, 1.807) is 13.2 Å². The lowest BCUT2D eigenvalue weighted by Crippen LogP contribution is -1.96. The van der Waals surface area contributed by atoms with Crippen LogP contribution >= 0.6 is 11.6 Å². The van der Waals surface area contributed by atoms with E-state index in [2.05, 4.69) is 6.07 Å². The predicted octanol–water partition coefficient (Wildman–Crippen LogP) is 3.43. The Kier molecular flexibility index (Phi) is 3.95. The van der Waals surface area contributed by atoms with Gasteiger partial charge in [0.05, 0.1) is 18.2 Å². The molecule has 1 radical (unpaired) electrons. The van der Waals surface area contributed by atoms with Crippen molar-refractivity contribution in [3.05, 3.63) is 53.1 Å². The molecule has 18 heavy (non-hydrogen) atoms. The van der Waals surface area contributed by atoms with Crippen LogP contribution in [0.15, 0.2) is 36.4 Å². The minimum atomic E-state index is 0.00382. The van der Waals surface area contributed by atoms with Gasteiger partial charge in [0.15, 0.2) is 0 Å². The monoisotopic (exact) mass is 263 g/mol. The van der Waals surface area contributed by atoms with E-state index in [1.807, 2.05) is 24.3 Å². The van der Waals surface area contributed by atoms with Gasteiger partial charge in [-0.05, 0) is 29.8 Å². The predicted molar refractivity (Wildman–Crippen MR) is 69.3 cm³/mol. The van der Waals surface area contributed by atoms with Crippen molar-refractivity contribution in [3.63, 3.8) is 0 Å². The van der Waals surface area contributed by atoms with Gasteiger partial charge in [-0.15, -0.1) is 0 Å². The molecule has 0 amide bonds. The third kappa shape index (κ3) is 3.08. The van der Waals surface area contributed by atoms with Crippen molar-refractivity contribution in [2.45, 2.75) is 6.61 Å². The fraction of sp³-hybridized carbons (Fsp3) is 0.143. The number of benzene rings is 2. The van der Waals surface area contributed by atoms with Crippen LogP contribution in [0.4, 0.5) is 0 Å². The van der Waals surface area contributed by atoms with Crippen LogP contribution < -0.4 is 9.47 Å². The summed E-state index contributed by atoms with van der Waals surface area (Å²) in [5.41, 5.74) is 0.976. The third-order valence-corrected chi connectivity index (χ3v) is 2.69. The molecule has 0 saturated carbocycles. The van der Waals surface area contributed by atoms with E-state index < -0.39 is 0 Å². The van der Waals surface area contributed by atoms with Gasteiger partial charge in [-0.2, -0.15) is 0 Å². The van der Waals surface area contributed by atoms with Gasteiger partial charge in [0, 0.05) is 0 Å². The third-order valence-electron chi connectivity index (χ3n) is 2.39. The quantitative estimate of drug-likeness (QED) is 0.918. The zero-order valence-corrected chi connectivity index (χ0v) is 10.6. The number of hydrogen-bond acceptors (Lipinski definition) is 3. The van der Waals surface area contributed by atoms with Gasteiger partial charge in [0.2, 0.25) is 0 Å². The van der Waals surface area contributed by atoms with Gasteiger partial charge in [-0.3, -0.25) is 0 Å². The maximum atomic E-state index is 9.29. The first-order chi connectivity index (χ1) is 8.69. The molecule has 0 bridgehead atoms. The summed E-state index contributed by atoms with van der Waals surface area (Å²) in [5.74, 6) is 1.14. The van der Waals surface area contributed by atoms with E-state index in [1.165, 1.54) is 6.07 Å². The standard InChI is InChI=1S/C14H12ClO3/c1-17-12-5-2-10(3-6-12)9-18-14-8-11(16)4-7-13(14)15/h2-7,16H,9H2,1H3. The molecule has 93 valence electrons. The van der Waals surface area contributed by atoms with E-state index in [0.29, 0.717) is 17.4 Å². The summed E-state index contributed by atoms with van der Waals surface area (Å²) in [4.78, 5) is 0. The van der Waals surface area contributed by atoms with Crippen LogP contribution in [0, 0.1) is 6.07 Å². The SMILES string of the molecule is COc1ccc(COc2[c]c(O)ccc2Cl)cc1. The molecule has 0 fully saturated rings. The minimum absolute atomic E-state index is 0.00382. The summed E-state index contributed by atoms with van der Waals surface area (Å²) in [6.45, 7) is 0.351. The molecular formula is C14H12ClO3. The average molecular weight is 264 g/mol. The minimum Gasteiger partial charge on any atom is -0.507 e. The molecular weight excluding hydrogens is 252 g/mol. The number of ether oxygens (including phenoxy) is 2. The largest absolute Gasteiger partial charge is 0.507 e. The van der Waals surface area contributed by atoms with Crippen molar-refractivity contribution < 1.29 is 14.6 Å². The van der Waals surface area contributed by atoms with E-state index in [0.717, 1.165) is 11.3 Å². The lowest BCUT2D eigenvalue weighted by molar-refractivity contribution is 0.303. The van der Waals surface area contributed by atoms with Gasteiger partial charge in [-0.25, -0.2) is 0 Å². The topological polar surface area (TPSA) is 38.7 Å². The maximum Gasteiger partial charge on any atom is 0.150 e. The van der Waals surface area contributed by atoms with Crippen LogP contribution in [0.1, 0.15) is 5.56 Å². The highest BCUT2D eigenvalue weighted by Gasteiger charge is 2.04. The number of rotatable bonds is 4. The highest BCUT2D eigenvalue weighted by atomic mass is 35.5. The van der Waals surface area contributed by atoms with Gasteiger partial charge >= 0.3 is 0 Å². The molecule has 0 heterocycles. The van der Waals surface area contributed by atoms with E-state index in [-0.39, 0.29) is 5.75 Å². The number of halogens is 1. The van der Waals surface area contributed by atoms with Gasteiger partial charge in [-0.1, -0.05) is 23.7 Å². The Labute approximate surface area is 111 Å². The van der Waals surface area contributed by atoms with E-state index >= 15 is 0 Å². The number of phenols is 1. The summed E-state index contributed by atoms with van der Waals surface area (Å²) >= 11 is 5.92. The fourth-order valence-corrected chi connectivity index (χ4v) is 1.59. The number of phenolic OH excluding ortho intramolecular Hbond substituents is 1. The first kappa shape index (κ1) is 12.6. The summed E-state index contributed by atoms with van der Waals surface area (Å²) in [6, 6.07) is 13.2. The van der Waals surface area contributed by atoms with Crippen molar-refractivity contribution in [1.29, 1.82) is 0 Å². The van der Waals surface area contributed by atoms with E-state index in [9.17, 15) is 5.11 Å².